The monoisotopic (exact) mass is 229 g/mol. The van der Waals surface area contributed by atoms with Crippen molar-refractivity contribution >= 4 is 10.0 Å². The maximum atomic E-state index is 11.2. The van der Waals surface area contributed by atoms with Crippen molar-refractivity contribution in [2.24, 2.45) is 0 Å². The van der Waals surface area contributed by atoms with Crippen LogP contribution in [0.15, 0.2) is 24.3 Å². The largest absolute Gasteiger partial charge is 0.497 e. The molecule has 0 radical (unpaired) electrons. The van der Waals surface area contributed by atoms with E-state index >= 15 is 0 Å². The zero-order valence-electron chi connectivity index (χ0n) is 9.10. The van der Waals surface area contributed by atoms with Crippen molar-refractivity contribution in [2.75, 3.05) is 20.4 Å². The second-order valence-electron chi connectivity index (χ2n) is 3.37. The lowest BCUT2D eigenvalue weighted by atomic mass is 10.2. The van der Waals surface area contributed by atoms with Gasteiger partial charge in [0.05, 0.1) is 13.4 Å². The first-order valence-electron chi connectivity index (χ1n) is 4.47. The molecular formula is C10H15NO3S. The molecule has 0 unspecified atom stereocenters. The van der Waals surface area contributed by atoms with Gasteiger partial charge in [0.2, 0.25) is 10.0 Å². The van der Waals surface area contributed by atoms with Crippen LogP contribution in [-0.4, -0.2) is 33.1 Å². The summed E-state index contributed by atoms with van der Waals surface area (Å²) in [5.41, 5.74) is 0.934. The minimum atomic E-state index is -3.11. The van der Waals surface area contributed by atoms with Crippen LogP contribution in [0.2, 0.25) is 0 Å². The van der Waals surface area contributed by atoms with Gasteiger partial charge in [0.15, 0.2) is 0 Å². The average molecular weight is 229 g/mol. The van der Waals surface area contributed by atoms with Crippen molar-refractivity contribution in [2.45, 2.75) is 6.54 Å². The number of nitrogens with zero attached hydrogens (tertiary/aromatic N) is 1. The first-order valence-corrected chi connectivity index (χ1v) is 6.32. The van der Waals surface area contributed by atoms with E-state index in [-0.39, 0.29) is 0 Å². The molecule has 5 heteroatoms. The topological polar surface area (TPSA) is 46.6 Å². The molecule has 84 valence electrons. The molecular weight excluding hydrogens is 214 g/mol. The second kappa shape index (κ2) is 4.63. The molecule has 0 aliphatic heterocycles. The Hall–Kier alpha value is -1.07. The summed E-state index contributed by atoms with van der Waals surface area (Å²) in [6, 6.07) is 7.32. The molecule has 0 saturated carbocycles. The van der Waals surface area contributed by atoms with E-state index in [4.69, 9.17) is 4.74 Å². The Morgan fingerprint density at radius 1 is 1.27 bits per heavy atom. The molecule has 1 aromatic rings. The fourth-order valence-electron chi connectivity index (χ4n) is 1.11. The number of benzene rings is 1. The Balaban J connectivity index is 2.74. The molecule has 4 nitrogen and oxygen atoms in total. The van der Waals surface area contributed by atoms with Crippen LogP contribution in [-0.2, 0) is 16.6 Å². The summed E-state index contributed by atoms with van der Waals surface area (Å²) in [5, 5.41) is 0. The Morgan fingerprint density at radius 2 is 1.80 bits per heavy atom. The molecule has 1 aromatic carbocycles. The molecule has 0 amide bonds. The van der Waals surface area contributed by atoms with Gasteiger partial charge < -0.3 is 4.74 Å². The zero-order valence-corrected chi connectivity index (χ0v) is 9.91. The summed E-state index contributed by atoms with van der Waals surface area (Å²) in [7, 11) is 0.0354. The van der Waals surface area contributed by atoms with Gasteiger partial charge in [0.1, 0.15) is 5.75 Å². The second-order valence-corrected chi connectivity index (χ2v) is 5.46. The first kappa shape index (κ1) is 12.0. The van der Waals surface area contributed by atoms with E-state index in [0.29, 0.717) is 6.54 Å². The summed E-state index contributed by atoms with van der Waals surface area (Å²) >= 11 is 0. The van der Waals surface area contributed by atoms with E-state index in [9.17, 15) is 8.42 Å². The van der Waals surface area contributed by atoms with Gasteiger partial charge in [-0.1, -0.05) is 12.1 Å². The lowest BCUT2D eigenvalue weighted by molar-refractivity contribution is 0.414. The number of ether oxygens (including phenoxy) is 1. The van der Waals surface area contributed by atoms with Crippen molar-refractivity contribution < 1.29 is 13.2 Å². The standard InChI is InChI=1S/C10H15NO3S/c1-11(15(3,12)13)8-9-4-6-10(14-2)7-5-9/h4-7H,8H2,1-3H3. The van der Waals surface area contributed by atoms with Gasteiger partial charge in [0, 0.05) is 13.6 Å². The fraction of sp³-hybridized carbons (Fsp3) is 0.400. The average Bonchev–Trinajstić information content (AvgIpc) is 2.17. The molecule has 0 saturated heterocycles. The first-order chi connectivity index (χ1) is 6.93. The van der Waals surface area contributed by atoms with Crippen molar-refractivity contribution in [3.8, 4) is 5.75 Å². The maximum absolute atomic E-state index is 11.2. The molecule has 0 aliphatic carbocycles. The predicted molar refractivity (Wildman–Crippen MR) is 59.3 cm³/mol. The summed E-state index contributed by atoms with van der Waals surface area (Å²) < 4.78 is 28.6. The lowest BCUT2D eigenvalue weighted by Crippen LogP contribution is -2.24. The lowest BCUT2D eigenvalue weighted by Gasteiger charge is -2.13. The number of methoxy groups -OCH3 is 1. The smallest absolute Gasteiger partial charge is 0.211 e. The van der Waals surface area contributed by atoms with E-state index in [1.54, 1.807) is 14.2 Å². The number of sulfonamides is 1. The van der Waals surface area contributed by atoms with Gasteiger partial charge in [-0.2, -0.15) is 0 Å². The third kappa shape index (κ3) is 3.53. The van der Waals surface area contributed by atoms with E-state index in [1.807, 2.05) is 24.3 Å². The molecule has 0 spiro atoms. The quantitative estimate of drug-likeness (QED) is 0.776. The van der Waals surface area contributed by atoms with Crippen molar-refractivity contribution in [3.63, 3.8) is 0 Å². The van der Waals surface area contributed by atoms with E-state index in [1.165, 1.54) is 10.6 Å². The molecule has 0 bridgehead atoms. The number of hydrogen-bond donors (Lipinski definition) is 0. The van der Waals surface area contributed by atoms with Crippen LogP contribution in [0, 0.1) is 0 Å². The van der Waals surface area contributed by atoms with Crippen molar-refractivity contribution in [3.05, 3.63) is 29.8 Å². The molecule has 0 fully saturated rings. The summed E-state index contributed by atoms with van der Waals surface area (Å²) in [6.45, 7) is 0.378. The van der Waals surface area contributed by atoms with Crippen molar-refractivity contribution in [1.29, 1.82) is 0 Å². The van der Waals surface area contributed by atoms with Crippen LogP contribution in [0.1, 0.15) is 5.56 Å². The zero-order chi connectivity index (χ0) is 11.5. The summed E-state index contributed by atoms with van der Waals surface area (Å²) in [6.07, 6.45) is 1.19. The minimum absolute atomic E-state index is 0.378. The molecule has 0 aliphatic rings. The highest BCUT2D eigenvalue weighted by molar-refractivity contribution is 7.88. The molecule has 1 rings (SSSR count). The van der Waals surface area contributed by atoms with Gasteiger partial charge >= 0.3 is 0 Å². The minimum Gasteiger partial charge on any atom is -0.497 e. The third-order valence-corrected chi connectivity index (χ3v) is 3.39. The highest BCUT2D eigenvalue weighted by atomic mass is 32.2. The van der Waals surface area contributed by atoms with E-state index in [2.05, 4.69) is 0 Å². The summed E-state index contributed by atoms with van der Waals surface area (Å²) in [5.74, 6) is 0.765. The van der Waals surface area contributed by atoms with Crippen LogP contribution in [0.4, 0.5) is 0 Å². The number of rotatable bonds is 4. The van der Waals surface area contributed by atoms with Crippen molar-refractivity contribution in [1.82, 2.24) is 4.31 Å². The van der Waals surface area contributed by atoms with Crippen LogP contribution in [0.25, 0.3) is 0 Å². The predicted octanol–water partition coefficient (Wildman–Crippen LogP) is 1.09. The number of hydrogen-bond acceptors (Lipinski definition) is 3. The Bertz CT molecular complexity index is 411. The van der Waals surface area contributed by atoms with Gasteiger partial charge in [-0.25, -0.2) is 12.7 Å². The molecule has 0 atom stereocenters. The molecule has 0 aromatic heterocycles. The Morgan fingerprint density at radius 3 is 2.20 bits per heavy atom. The van der Waals surface area contributed by atoms with E-state index < -0.39 is 10.0 Å². The summed E-state index contributed by atoms with van der Waals surface area (Å²) in [4.78, 5) is 0. The van der Waals surface area contributed by atoms with Crippen LogP contribution in [0.3, 0.4) is 0 Å². The van der Waals surface area contributed by atoms with E-state index in [0.717, 1.165) is 11.3 Å². The van der Waals surface area contributed by atoms with Gasteiger partial charge in [-0.05, 0) is 17.7 Å². The molecule has 15 heavy (non-hydrogen) atoms. The van der Waals surface area contributed by atoms with Gasteiger partial charge in [-0.3, -0.25) is 0 Å². The van der Waals surface area contributed by atoms with Crippen LogP contribution < -0.4 is 4.74 Å². The van der Waals surface area contributed by atoms with Gasteiger partial charge in [0.25, 0.3) is 0 Å². The Labute approximate surface area is 90.5 Å². The normalized spacial score (nSPS) is 11.7. The maximum Gasteiger partial charge on any atom is 0.211 e. The highest BCUT2D eigenvalue weighted by Crippen LogP contribution is 2.13. The molecule has 0 heterocycles. The highest BCUT2D eigenvalue weighted by Gasteiger charge is 2.10. The van der Waals surface area contributed by atoms with Crippen LogP contribution in [0.5, 0.6) is 5.75 Å². The fourth-order valence-corrected chi connectivity index (χ4v) is 1.49. The molecule has 0 N–H and O–H groups in total. The Kier molecular flexibility index (Phi) is 3.71. The van der Waals surface area contributed by atoms with Crippen LogP contribution >= 0.6 is 0 Å². The third-order valence-electron chi connectivity index (χ3n) is 2.13. The van der Waals surface area contributed by atoms with Gasteiger partial charge in [-0.15, -0.1) is 0 Å². The SMILES string of the molecule is COc1ccc(CN(C)S(C)(=O)=O)cc1.